The molecule has 1 N–H and O–H groups in total. The first kappa shape index (κ1) is 20.4. The van der Waals surface area contributed by atoms with Crippen molar-refractivity contribution in [2.75, 3.05) is 19.5 Å². The molecule has 1 saturated carbocycles. The van der Waals surface area contributed by atoms with E-state index in [0.29, 0.717) is 5.92 Å². The van der Waals surface area contributed by atoms with Gasteiger partial charge in [0, 0.05) is 11.6 Å². The van der Waals surface area contributed by atoms with Crippen molar-refractivity contribution in [2.45, 2.75) is 25.3 Å². The van der Waals surface area contributed by atoms with Crippen LogP contribution in [0.25, 0.3) is 6.08 Å². The number of anilines is 1. The third-order valence-corrected chi connectivity index (χ3v) is 6.43. The number of hydrogen-bond acceptors (Lipinski definition) is 4. The lowest BCUT2D eigenvalue weighted by Crippen LogP contribution is -2.30. The van der Waals surface area contributed by atoms with Crippen molar-refractivity contribution in [2.24, 2.45) is 10.9 Å². The summed E-state index contributed by atoms with van der Waals surface area (Å²) >= 11 is 0. The summed E-state index contributed by atoms with van der Waals surface area (Å²) in [5.41, 5.74) is 7.04. The molecule has 4 heteroatoms. The van der Waals surface area contributed by atoms with Crippen molar-refractivity contribution < 1.29 is 9.47 Å². The van der Waals surface area contributed by atoms with Gasteiger partial charge in [-0.15, -0.1) is 0 Å². The number of ether oxygens (including phenoxy) is 2. The Hall–Kier alpha value is -3.53. The van der Waals surface area contributed by atoms with Crippen LogP contribution in [-0.4, -0.2) is 19.9 Å². The van der Waals surface area contributed by atoms with E-state index in [1.54, 1.807) is 14.2 Å². The Balaban J connectivity index is 1.58. The van der Waals surface area contributed by atoms with Gasteiger partial charge in [0.2, 0.25) is 0 Å². The fourth-order valence-electron chi connectivity index (χ4n) is 4.76. The largest absolute Gasteiger partial charge is 0.497 e. The predicted octanol–water partition coefficient (Wildman–Crippen LogP) is 6.83. The lowest BCUT2D eigenvalue weighted by atomic mass is 9.76. The number of para-hydroxylation sites is 2. The number of nitrogens with zero attached hydrogens (tertiary/aromatic N) is 1. The number of methoxy groups -OCH3 is 2. The van der Waals surface area contributed by atoms with Crippen LogP contribution in [0.2, 0.25) is 0 Å². The Morgan fingerprint density at radius 2 is 1.56 bits per heavy atom. The van der Waals surface area contributed by atoms with E-state index in [1.165, 1.54) is 22.4 Å². The maximum Gasteiger partial charge on any atom is 0.118 e. The van der Waals surface area contributed by atoms with Crippen LogP contribution in [0.1, 0.15) is 36.4 Å². The number of rotatable bonds is 4. The van der Waals surface area contributed by atoms with Gasteiger partial charge in [0.25, 0.3) is 0 Å². The van der Waals surface area contributed by atoms with E-state index in [2.05, 4.69) is 59.9 Å². The highest BCUT2D eigenvalue weighted by Crippen LogP contribution is 2.43. The molecule has 1 aliphatic carbocycles. The molecule has 4 nitrogen and oxygen atoms in total. The summed E-state index contributed by atoms with van der Waals surface area (Å²) in [6.07, 6.45) is 5.59. The molecular formula is C28H28N2O2. The first-order chi connectivity index (χ1) is 15.7. The highest BCUT2D eigenvalue weighted by Gasteiger charge is 2.34. The molecule has 0 aromatic heterocycles. The lowest BCUT2D eigenvalue weighted by Gasteiger charge is -2.33. The minimum absolute atomic E-state index is 0.155. The maximum atomic E-state index is 5.38. The molecule has 0 spiro atoms. The molecule has 1 heterocycles. The van der Waals surface area contributed by atoms with E-state index >= 15 is 0 Å². The zero-order chi connectivity index (χ0) is 21.9. The van der Waals surface area contributed by atoms with Crippen molar-refractivity contribution >= 4 is 23.2 Å². The molecule has 0 saturated heterocycles. The Morgan fingerprint density at radius 1 is 0.875 bits per heavy atom. The molecule has 1 aliphatic heterocycles. The quantitative estimate of drug-likeness (QED) is 0.499. The van der Waals surface area contributed by atoms with E-state index < -0.39 is 0 Å². The molecule has 3 aromatic carbocycles. The van der Waals surface area contributed by atoms with Crippen molar-refractivity contribution in [3.63, 3.8) is 0 Å². The summed E-state index contributed by atoms with van der Waals surface area (Å²) in [6.45, 7) is 0. The highest BCUT2D eigenvalue weighted by molar-refractivity contribution is 6.08. The van der Waals surface area contributed by atoms with E-state index in [4.69, 9.17) is 14.5 Å². The van der Waals surface area contributed by atoms with Gasteiger partial charge < -0.3 is 14.8 Å². The minimum Gasteiger partial charge on any atom is -0.497 e. The van der Waals surface area contributed by atoms with Gasteiger partial charge in [-0.3, -0.25) is 4.99 Å². The standard InChI is InChI=1S/C28H28N2O2/c1-31-22-14-10-19(11-15-22)18-21-6-5-7-24-27(20-12-16-23(32-2)17-13-20)29-25-8-3-4-9-26(25)30-28(21)24/h3-4,8-18,24,27,29H,5-7H2,1-2H3/b21-18+. The molecule has 2 atom stereocenters. The number of nitrogens with one attached hydrogen (secondary N) is 1. The summed E-state index contributed by atoms with van der Waals surface area (Å²) in [6, 6.07) is 25.2. The molecule has 162 valence electrons. The number of benzene rings is 3. The number of fused-ring (bicyclic) bond motifs is 2. The average Bonchev–Trinajstić information content (AvgIpc) is 3.02. The molecular weight excluding hydrogens is 396 g/mol. The first-order valence-corrected chi connectivity index (χ1v) is 11.2. The summed E-state index contributed by atoms with van der Waals surface area (Å²) in [5.74, 6) is 2.05. The maximum absolute atomic E-state index is 5.38. The van der Waals surface area contributed by atoms with Crippen LogP contribution >= 0.6 is 0 Å². The number of aliphatic imine (C=N–C) groups is 1. The van der Waals surface area contributed by atoms with Gasteiger partial charge >= 0.3 is 0 Å². The van der Waals surface area contributed by atoms with E-state index in [-0.39, 0.29) is 6.04 Å². The second-order valence-corrected chi connectivity index (χ2v) is 8.35. The smallest absolute Gasteiger partial charge is 0.118 e. The third kappa shape index (κ3) is 4.01. The Morgan fingerprint density at radius 3 is 2.28 bits per heavy atom. The predicted molar refractivity (Wildman–Crippen MR) is 131 cm³/mol. The minimum atomic E-state index is 0.155. The van der Waals surface area contributed by atoms with Crippen molar-refractivity contribution in [1.29, 1.82) is 0 Å². The fourth-order valence-corrected chi connectivity index (χ4v) is 4.76. The molecule has 2 unspecified atom stereocenters. The summed E-state index contributed by atoms with van der Waals surface area (Å²) in [4.78, 5) is 5.22. The molecule has 0 radical (unpaired) electrons. The van der Waals surface area contributed by atoms with Gasteiger partial charge in [-0.2, -0.15) is 0 Å². The number of allylic oxidation sites excluding steroid dienone is 1. The molecule has 0 bridgehead atoms. The van der Waals surface area contributed by atoms with E-state index in [1.807, 2.05) is 24.3 Å². The van der Waals surface area contributed by atoms with Crippen LogP contribution < -0.4 is 14.8 Å². The van der Waals surface area contributed by atoms with Crippen LogP contribution in [-0.2, 0) is 0 Å². The van der Waals surface area contributed by atoms with Crippen LogP contribution in [0.3, 0.4) is 0 Å². The monoisotopic (exact) mass is 424 g/mol. The molecule has 0 amide bonds. The topological polar surface area (TPSA) is 42.8 Å². The molecule has 5 rings (SSSR count). The van der Waals surface area contributed by atoms with E-state index in [9.17, 15) is 0 Å². The van der Waals surface area contributed by atoms with Crippen LogP contribution in [0.4, 0.5) is 11.4 Å². The summed E-state index contributed by atoms with van der Waals surface area (Å²) < 4.78 is 10.7. The molecule has 3 aromatic rings. The Bertz CT molecular complexity index is 1150. The summed E-state index contributed by atoms with van der Waals surface area (Å²) in [5, 5.41) is 3.81. The molecule has 2 aliphatic rings. The van der Waals surface area contributed by atoms with Gasteiger partial charge in [-0.1, -0.05) is 36.4 Å². The zero-order valence-electron chi connectivity index (χ0n) is 18.5. The average molecular weight is 425 g/mol. The van der Waals surface area contributed by atoms with Crippen LogP contribution in [0.5, 0.6) is 11.5 Å². The Labute approximate surface area is 189 Å². The van der Waals surface area contributed by atoms with Crippen molar-refractivity contribution in [3.05, 3.63) is 89.5 Å². The van der Waals surface area contributed by atoms with Gasteiger partial charge in [0.1, 0.15) is 11.5 Å². The van der Waals surface area contributed by atoms with Gasteiger partial charge in [0.05, 0.1) is 31.6 Å². The second kappa shape index (κ2) is 8.91. The third-order valence-electron chi connectivity index (χ3n) is 6.43. The normalized spacial score (nSPS) is 20.9. The van der Waals surface area contributed by atoms with Gasteiger partial charge in [0.15, 0.2) is 0 Å². The van der Waals surface area contributed by atoms with Gasteiger partial charge in [-0.25, -0.2) is 0 Å². The molecule has 32 heavy (non-hydrogen) atoms. The van der Waals surface area contributed by atoms with Crippen LogP contribution in [0, 0.1) is 5.92 Å². The number of hydrogen-bond donors (Lipinski definition) is 1. The zero-order valence-corrected chi connectivity index (χ0v) is 18.5. The fraction of sp³-hybridized carbons (Fsp3) is 0.250. The summed E-state index contributed by atoms with van der Waals surface area (Å²) in [7, 11) is 3.40. The molecule has 1 fully saturated rings. The van der Waals surface area contributed by atoms with E-state index in [0.717, 1.165) is 42.1 Å². The SMILES string of the molecule is COc1ccc(/C=C2\CCCC3C2=Nc2ccccc2NC3c2ccc(OC)cc2)cc1. The highest BCUT2D eigenvalue weighted by atomic mass is 16.5. The van der Waals surface area contributed by atoms with Gasteiger partial charge in [-0.05, 0) is 78.4 Å². The lowest BCUT2D eigenvalue weighted by molar-refractivity contribution is 0.414. The van der Waals surface area contributed by atoms with Crippen molar-refractivity contribution in [3.8, 4) is 11.5 Å². The van der Waals surface area contributed by atoms with Crippen molar-refractivity contribution in [1.82, 2.24) is 0 Å². The Kier molecular flexibility index (Phi) is 5.68. The second-order valence-electron chi connectivity index (χ2n) is 8.35. The van der Waals surface area contributed by atoms with Crippen LogP contribution in [0.15, 0.2) is 83.4 Å². The first-order valence-electron chi connectivity index (χ1n) is 11.2.